The second kappa shape index (κ2) is 10.9. The summed E-state index contributed by atoms with van der Waals surface area (Å²) < 4.78 is 5.45. The molecule has 0 aliphatic carbocycles. The number of methoxy groups -OCH3 is 1. The van der Waals surface area contributed by atoms with Crippen molar-refractivity contribution in [2.24, 2.45) is 4.99 Å². The lowest BCUT2D eigenvalue weighted by atomic mass is 10.0. The van der Waals surface area contributed by atoms with E-state index < -0.39 is 0 Å². The first-order chi connectivity index (χ1) is 18.0. The number of allylic oxidation sites excluding steroid dienone is 2. The number of hydrogen-bond donors (Lipinski definition) is 0. The topological polar surface area (TPSA) is 45.1 Å². The minimum Gasteiger partial charge on any atom is -0.497 e. The molecule has 0 atom stereocenters. The maximum atomic E-state index is 13.7. The summed E-state index contributed by atoms with van der Waals surface area (Å²) in [6, 6.07) is 24.4. The molecule has 0 radical (unpaired) electrons. The summed E-state index contributed by atoms with van der Waals surface area (Å²) in [5.74, 6) is 0.821. The zero-order valence-corrected chi connectivity index (χ0v) is 23.0. The number of amidine groups is 1. The van der Waals surface area contributed by atoms with Crippen LogP contribution < -0.4 is 9.64 Å². The third-order valence-electron chi connectivity index (χ3n) is 6.29. The molecule has 0 aromatic heterocycles. The van der Waals surface area contributed by atoms with E-state index in [1.54, 1.807) is 23.8 Å². The quantitative estimate of drug-likeness (QED) is 0.311. The highest BCUT2D eigenvalue weighted by Gasteiger charge is 2.35. The Labute approximate surface area is 226 Å². The standard InChI is InChI=1S/C30H29N3O2S2/c1-5-32-25-17-16-23(35-4)18-26(25)36-27(32)19-24(21-10-8-7-9-11-21)28-29(34)33(6-2)30(37-28)31-22-14-12-20(3)13-15-22/h7-19H,5-6H2,1-4H3/b27-19-,28-24+,31-30?. The highest BCUT2D eigenvalue weighted by molar-refractivity contribution is 8.18. The molecule has 3 aromatic carbocycles. The first kappa shape index (κ1) is 25.2. The van der Waals surface area contributed by atoms with Gasteiger partial charge in [0.25, 0.3) is 5.91 Å². The summed E-state index contributed by atoms with van der Waals surface area (Å²) in [7, 11) is 1.69. The lowest BCUT2D eigenvalue weighted by Crippen LogP contribution is -2.28. The van der Waals surface area contributed by atoms with Crippen molar-refractivity contribution in [3.8, 4) is 5.75 Å². The number of ether oxygens (including phenoxy) is 1. The van der Waals surface area contributed by atoms with Gasteiger partial charge in [-0.3, -0.25) is 9.69 Å². The summed E-state index contributed by atoms with van der Waals surface area (Å²) in [5.41, 5.74) is 5.08. The van der Waals surface area contributed by atoms with Crippen LogP contribution in [-0.4, -0.2) is 36.2 Å². The molecular weight excluding hydrogens is 498 g/mol. The van der Waals surface area contributed by atoms with Gasteiger partial charge in [0.2, 0.25) is 0 Å². The van der Waals surface area contributed by atoms with E-state index in [1.165, 1.54) is 17.3 Å². The van der Waals surface area contributed by atoms with Gasteiger partial charge in [0.15, 0.2) is 5.17 Å². The number of nitrogens with zero attached hydrogens (tertiary/aromatic N) is 3. The number of hydrogen-bond acceptors (Lipinski definition) is 6. The predicted octanol–water partition coefficient (Wildman–Crippen LogP) is 7.47. The highest BCUT2D eigenvalue weighted by Crippen LogP contribution is 2.49. The van der Waals surface area contributed by atoms with Crippen molar-refractivity contribution in [2.45, 2.75) is 25.7 Å². The van der Waals surface area contributed by atoms with Crippen molar-refractivity contribution < 1.29 is 9.53 Å². The van der Waals surface area contributed by atoms with Crippen molar-refractivity contribution in [1.29, 1.82) is 0 Å². The molecule has 5 nitrogen and oxygen atoms in total. The highest BCUT2D eigenvalue weighted by atomic mass is 32.2. The number of carbonyl (C=O) groups excluding carboxylic acids is 1. The van der Waals surface area contributed by atoms with Gasteiger partial charge in [0, 0.05) is 23.6 Å². The van der Waals surface area contributed by atoms with Gasteiger partial charge in [0.05, 0.1) is 28.4 Å². The van der Waals surface area contributed by atoms with E-state index in [4.69, 9.17) is 9.73 Å². The fourth-order valence-corrected chi connectivity index (χ4v) is 6.67. The van der Waals surface area contributed by atoms with Crippen LogP contribution in [0.1, 0.15) is 25.0 Å². The molecule has 0 spiro atoms. The number of thioether (sulfide) groups is 2. The van der Waals surface area contributed by atoms with Gasteiger partial charge in [-0.1, -0.05) is 59.8 Å². The van der Waals surface area contributed by atoms with E-state index in [0.29, 0.717) is 16.6 Å². The van der Waals surface area contributed by atoms with Crippen LogP contribution in [-0.2, 0) is 4.79 Å². The van der Waals surface area contributed by atoms with E-state index in [0.717, 1.165) is 44.7 Å². The Morgan fingerprint density at radius 3 is 2.35 bits per heavy atom. The molecule has 1 fully saturated rings. The molecule has 0 N–H and O–H groups in total. The van der Waals surface area contributed by atoms with Crippen LogP contribution >= 0.6 is 23.5 Å². The van der Waals surface area contributed by atoms with E-state index in [1.807, 2.05) is 55.5 Å². The Morgan fingerprint density at radius 1 is 0.946 bits per heavy atom. The SMILES string of the molecule is CCN1C(=O)/C(=C(/C=C2\Sc3cc(OC)ccc3N2CC)c2ccccc2)SC1=Nc1ccc(C)cc1. The molecule has 2 heterocycles. The first-order valence-corrected chi connectivity index (χ1v) is 14.0. The zero-order valence-electron chi connectivity index (χ0n) is 21.4. The van der Waals surface area contributed by atoms with Gasteiger partial charge in [0.1, 0.15) is 5.75 Å². The molecule has 0 saturated carbocycles. The van der Waals surface area contributed by atoms with Crippen LogP contribution in [0.15, 0.2) is 98.7 Å². The number of likely N-dealkylation sites (N-methyl/N-ethyl adjacent to an activating group) is 1. The Balaban J connectivity index is 1.61. The Bertz CT molecular complexity index is 1410. The van der Waals surface area contributed by atoms with Crippen molar-refractivity contribution in [3.63, 3.8) is 0 Å². The average molecular weight is 528 g/mol. The third kappa shape index (κ3) is 5.06. The second-order valence-electron chi connectivity index (χ2n) is 8.65. The van der Waals surface area contributed by atoms with E-state index >= 15 is 0 Å². The number of amides is 1. The summed E-state index contributed by atoms with van der Waals surface area (Å²) in [4.78, 5) is 24.5. The fourth-order valence-electron chi connectivity index (χ4n) is 4.33. The molecule has 3 aromatic rings. The van der Waals surface area contributed by atoms with Crippen LogP contribution in [0.5, 0.6) is 5.75 Å². The number of aliphatic imine (C=N–C) groups is 1. The molecule has 0 unspecified atom stereocenters. The minimum atomic E-state index is -0.0145. The number of anilines is 1. The first-order valence-electron chi connectivity index (χ1n) is 12.3. The largest absolute Gasteiger partial charge is 0.497 e. The normalized spacial score (nSPS) is 18.6. The lowest BCUT2D eigenvalue weighted by molar-refractivity contribution is -0.122. The average Bonchev–Trinajstić information content (AvgIpc) is 3.43. The number of carbonyl (C=O) groups is 1. The van der Waals surface area contributed by atoms with Crippen LogP contribution in [0.25, 0.3) is 5.57 Å². The summed E-state index contributed by atoms with van der Waals surface area (Å²) >= 11 is 3.15. The monoisotopic (exact) mass is 527 g/mol. The van der Waals surface area contributed by atoms with E-state index in [9.17, 15) is 4.79 Å². The molecule has 2 aliphatic rings. The molecule has 188 valence electrons. The molecular formula is C30H29N3O2S2. The maximum Gasteiger partial charge on any atom is 0.267 e. The van der Waals surface area contributed by atoms with Crippen LogP contribution in [0.4, 0.5) is 11.4 Å². The van der Waals surface area contributed by atoms with Gasteiger partial charge >= 0.3 is 0 Å². The molecule has 37 heavy (non-hydrogen) atoms. The van der Waals surface area contributed by atoms with Crippen molar-refractivity contribution >= 4 is 51.5 Å². The fraction of sp³-hybridized carbons (Fsp3) is 0.200. The molecule has 0 bridgehead atoms. The van der Waals surface area contributed by atoms with Gasteiger partial charge in [-0.25, -0.2) is 4.99 Å². The lowest BCUT2D eigenvalue weighted by Gasteiger charge is -2.19. The third-order valence-corrected chi connectivity index (χ3v) is 8.48. The Morgan fingerprint density at radius 2 is 1.68 bits per heavy atom. The molecule has 7 heteroatoms. The number of aryl methyl sites for hydroxylation is 1. The minimum absolute atomic E-state index is 0.0145. The summed E-state index contributed by atoms with van der Waals surface area (Å²) in [5, 5.41) is 1.79. The smallest absolute Gasteiger partial charge is 0.267 e. The second-order valence-corrected chi connectivity index (χ2v) is 10.7. The van der Waals surface area contributed by atoms with Crippen molar-refractivity contribution in [3.05, 3.63) is 99.9 Å². The number of rotatable bonds is 6. The number of benzene rings is 3. The maximum absolute atomic E-state index is 13.7. The van der Waals surface area contributed by atoms with E-state index in [-0.39, 0.29) is 5.91 Å². The summed E-state index contributed by atoms with van der Waals surface area (Å²) in [6.45, 7) is 7.56. The van der Waals surface area contributed by atoms with Gasteiger partial charge < -0.3 is 9.64 Å². The van der Waals surface area contributed by atoms with Crippen LogP contribution in [0.2, 0.25) is 0 Å². The van der Waals surface area contributed by atoms with Crippen LogP contribution in [0.3, 0.4) is 0 Å². The number of fused-ring (bicyclic) bond motifs is 1. The molecule has 1 amide bonds. The molecule has 5 rings (SSSR count). The summed E-state index contributed by atoms with van der Waals surface area (Å²) in [6.07, 6.45) is 2.15. The predicted molar refractivity (Wildman–Crippen MR) is 157 cm³/mol. The van der Waals surface area contributed by atoms with Crippen LogP contribution in [0, 0.1) is 6.92 Å². The van der Waals surface area contributed by atoms with Gasteiger partial charge in [-0.05, 0) is 74.5 Å². The van der Waals surface area contributed by atoms with Crippen molar-refractivity contribution in [1.82, 2.24) is 4.90 Å². The zero-order chi connectivity index (χ0) is 25.9. The molecule has 1 saturated heterocycles. The van der Waals surface area contributed by atoms with Gasteiger partial charge in [-0.15, -0.1) is 0 Å². The van der Waals surface area contributed by atoms with E-state index in [2.05, 4.69) is 49.1 Å². The Kier molecular flexibility index (Phi) is 7.44. The Hall–Kier alpha value is -3.42. The molecule has 2 aliphatic heterocycles. The van der Waals surface area contributed by atoms with Gasteiger partial charge in [-0.2, -0.15) is 0 Å². The van der Waals surface area contributed by atoms with Crippen molar-refractivity contribution in [2.75, 3.05) is 25.1 Å².